The van der Waals surface area contributed by atoms with Gasteiger partial charge in [-0.05, 0) is 6.07 Å². The number of hydrogen-bond donors (Lipinski definition) is 1. The molecular weight excluding hydrogens is 182 g/mol. The fourth-order valence-electron chi connectivity index (χ4n) is 0.839. The van der Waals surface area contributed by atoms with E-state index < -0.39 is 0 Å². The summed E-state index contributed by atoms with van der Waals surface area (Å²) in [5.41, 5.74) is 2.29. The lowest BCUT2D eigenvalue weighted by atomic mass is 10.5. The molecule has 0 saturated heterocycles. The summed E-state index contributed by atoms with van der Waals surface area (Å²) in [6.45, 7) is 1.39. The smallest absolute Gasteiger partial charge is 0.236 e. The van der Waals surface area contributed by atoms with Crippen LogP contribution in [-0.2, 0) is 4.79 Å². The molecule has 0 saturated carbocycles. The van der Waals surface area contributed by atoms with E-state index in [2.05, 4.69) is 10.5 Å². The van der Waals surface area contributed by atoms with Crippen LogP contribution in [0.4, 0.5) is 5.88 Å². The minimum atomic E-state index is -0.208. The first-order valence-electron chi connectivity index (χ1n) is 4.16. The topological polar surface area (TPSA) is 57.8 Å². The summed E-state index contributed by atoms with van der Waals surface area (Å²) >= 11 is 0. The average Bonchev–Trinajstić information content (AvgIpc) is 2.52. The van der Waals surface area contributed by atoms with Crippen LogP contribution >= 0.6 is 0 Å². The summed E-state index contributed by atoms with van der Waals surface area (Å²) in [6, 6.07) is 3.61. The van der Waals surface area contributed by atoms with E-state index in [0.29, 0.717) is 5.76 Å². The second kappa shape index (κ2) is 4.45. The molecule has 1 aromatic rings. The lowest BCUT2D eigenvalue weighted by Gasteiger charge is -2.05. The van der Waals surface area contributed by atoms with Crippen molar-refractivity contribution in [3.05, 3.63) is 17.9 Å². The molecule has 0 aliphatic heterocycles. The van der Waals surface area contributed by atoms with E-state index in [0.717, 1.165) is 5.88 Å². The molecule has 5 heteroatoms. The van der Waals surface area contributed by atoms with Gasteiger partial charge in [-0.15, -0.1) is 0 Å². The number of amides is 1. The zero-order valence-electron chi connectivity index (χ0n) is 8.44. The third kappa shape index (κ3) is 2.93. The third-order valence-electron chi connectivity index (χ3n) is 1.47. The molecule has 0 unspecified atom stereocenters. The largest absolute Gasteiger partial charge is 0.440 e. The van der Waals surface area contributed by atoms with E-state index in [1.54, 1.807) is 6.07 Å². The van der Waals surface area contributed by atoms with E-state index >= 15 is 0 Å². The lowest BCUT2D eigenvalue weighted by molar-refractivity contribution is -0.118. The van der Waals surface area contributed by atoms with Gasteiger partial charge in [0.05, 0.1) is 6.21 Å². The monoisotopic (exact) mass is 195 g/mol. The molecule has 14 heavy (non-hydrogen) atoms. The quantitative estimate of drug-likeness (QED) is 0.573. The van der Waals surface area contributed by atoms with Gasteiger partial charge in [0, 0.05) is 27.1 Å². The summed E-state index contributed by atoms with van der Waals surface area (Å²) < 4.78 is 5.35. The summed E-state index contributed by atoms with van der Waals surface area (Å²) in [6.07, 6.45) is 1.45. The number of nitrogens with one attached hydrogen (secondary N) is 1. The number of carbonyl (C=O) groups is 1. The van der Waals surface area contributed by atoms with Crippen molar-refractivity contribution in [2.45, 2.75) is 6.92 Å². The Kier molecular flexibility index (Phi) is 3.28. The summed E-state index contributed by atoms with van der Waals surface area (Å²) in [7, 11) is 3.77. The number of furan rings is 1. The van der Waals surface area contributed by atoms with Crippen LogP contribution in [0.3, 0.4) is 0 Å². The Hall–Kier alpha value is -1.78. The Morgan fingerprint density at radius 3 is 2.79 bits per heavy atom. The Bertz CT molecular complexity index is 342. The number of nitrogens with zero attached hydrogens (tertiary/aromatic N) is 2. The Balaban J connectivity index is 2.59. The van der Waals surface area contributed by atoms with Gasteiger partial charge in [-0.2, -0.15) is 5.10 Å². The first-order valence-corrected chi connectivity index (χ1v) is 4.16. The van der Waals surface area contributed by atoms with Crippen LogP contribution in [0.25, 0.3) is 0 Å². The molecule has 5 nitrogen and oxygen atoms in total. The second-order valence-corrected chi connectivity index (χ2v) is 3.00. The van der Waals surface area contributed by atoms with Crippen molar-refractivity contribution in [2.75, 3.05) is 19.0 Å². The predicted molar refractivity (Wildman–Crippen MR) is 54.4 cm³/mol. The van der Waals surface area contributed by atoms with Crippen molar-refractivity contribution in [1.82, 2.24) is 5.43 Å². The Labute approximate surface area is 82.4 Å². The van der Waals surface area contributed by atoms with E-state index in [9.17, 15) is 4.79 Å². The zero-order chi connectivity index (χ0) is 10.6. The second-order valence-electron chi connectivity index (χ2n) is 3.00. The highest BCUT2D eigenvalue weighted by molar-refractivity contribution is 5.79. The maximum absolute atomic E-state index is 10.5. The lowest BCUT2D eigenvalue weighted by Crippen LogP contribution is -2.12. The number of rotatable bonds is 3. The molecular formula is C9H13N3O2. The summed E-state index contributed by atoms with van der Waals surface area (Å²) in [4.78, 5) is 12.3. The van der Waals surface area contributed by atoms with E-state index in [1.807, 2.05) is 25.1 Å². The van der Waals surface area contributed by atoms with Gasteiger partial charge in [0.1, 0.15) is 5.76 Å². The maximum atomic E-state index is 10.5. The van der Waals surface area contributed by atoms with Gasteiger partial charge in [0.25, 0.3) is 0 Å². The molecule has 1 heterocycles. The van der Waals surface area contributed by atoms with Crippen LogP contribution < -0.4 is 10.3 Å². The van der Waals surface area contributed by atoms with Gasteiger partial charge in [-0.25, -0.2) is 5.43 Å². The molecule has 1 amide bonds. The highest BCUT2D eigenvalue weighted by Gasteiger charge is 2.00. The molecule has 0 aromatic carbocycles. The van der Waals surface area contributed by atoms with Crippen LogP contribution in [0, 0.1) is 0 Å². The Morgan fingerprint density at radius 2 is 2.29 bits per heavy atom. The minimum Gasteiger partial charge on any atom is -0.440 e. The minimum absolute atomic E-state index is 0.208. The predicted octanol–water partition coefficient (Wildman–Crippen LogP) is 0.816. The van der Waals surface area contributed by atoms with E-state index in [1.165, 1.54) is 13.1 Å². The normalized spacial score (nSPS) is 10.5. The molecule has 0 aliphatic carbocycles. The number of hydrogen-bond acceptors (Lipinski definition) is 4. The van der Waals surface area contributed by atoms with Gasteiger partial charge < -0.3 is 9.32 Å². The molecule has 0 radical (unpaired) electrons. The van der Waals surface area contributed by atoms with Crippen molar-refractivity contribution in [3.8, 4) is 0 Å². The highest BCUT2D eigenvalue weighted by atomic mass is 16.4. The van der Waals surface area contributed by atoms with E-state index in [-0.39, 0.29) is 5.91 Å². The SMILES string of the molecule is CC(=O)N/N=C\c1ccc(N(C)C)o1. The molecule has 1 N–H and O–H groups in total. The first kappa shape index (κ1) is 10.3. The highest BCUT2D eigenvalue weighted by Crippen LogP contribution is 2.13. The molecule has 0 aliphatic rings. The number of carbonyl (C=O) groups excluding carboxylic acids is 1. The standard InChI is InChI=1S/C9H13N3O2/c1-7(13)11-10-6-8-4-5-9(14-8)12(2)3/h4-6H,1-3H3,(H,11,13)/b10-6-. The fourth-order valence-corrected chi connectivity index (χ4v) is 0.839. The molecule has 76 valence electrons. The fraction of sp³-hybridized carbons (Fsp3) is 0.333. The number of hydrazone groups is 1. The number of anilines is 1. The molecule has 0 fully saturated rings. The van der Waals surface area contributed by atoms with Gasteiger partial charge in [-0.1, -0.05) is 0 Å². The summed E-state index contributed by atoms with van der Waals surface area (Å²) in [5, 5.41) is 3.68. The maximum Gasteiger partial charge on any atom is 0.236 e. The zero-order valence-corrected chi connectivity index (χ0v) is 8.44. The average molecular weight is 195 g/mol. The van der Waals surface area contributed by atoms with Gasteiger partial charge >= 0.3 is 0 Å². The molecule has 1 aromatic heterocycles. The van der Waals surface area contributed by atoms with Crippen LogP contribution in [0.2, 0.25) is 0 Å². The van der Waals surface area contributed by atoms with Crippen LogP contribution in [0.5, 0.6) is 0 Å². The van der Waals surface area contributed by atoms with Crippen LogP contribution in [0.1, 0.15) is 12.7 Å². The van der Waals surface area contributed by atoms with Crippen LogP contribution in [-0.4, -0.2) is 26.2 Å². The third-order valence-corrected chi connectivity index (χ3v) is 1.47. The van der Waals surface area contributed by atoms with Crippen molar-refractivity contribution in [2.24, 2.45) is 5.10 Å². The molecule has 1 rings (SSSR count). The van der Waals surface area contributed by atoms with Crippen molar-refractivity contribution >= 4 is 18.0 Å². The van der Waals surface area contributed by atoms with Gasteiger partial charge in [0.2, 0.25) is 5.91 Å². The van der Waals surface area contributed by atoms with Crippen molar-refractivity contribution in [1.29, 1.82) is 0 Å². The molecule has 0 spiro atoms. The van der Waals surface area contributed by atoms with E-state index in [4.69, 9.17) is 4.42 Å². The molecule has 0 atom stereocenters. The van der Waals surface area contributed by atoms with Crippen molar-refractivity contribution < 1.29 is 9.21 Å². The van der Waals surface area contributed by atoms with Gasteiger partial charge in [0.15, 0.2) is 5.88 Å². The molecule has 0 bridgehead atoms. The van der Waals surface area contributed by atoms with Crippen LogP contribution in [0.15, 0.2) is 21.7 Å². The van der Waals surface area contributed by atoms with Crippen molar-refractivity contribution in [3.63, 3.8) is 0 Å². The Morgan fingerprint density at radius 1 is 1.57 bits per heavy atom. The van der Waals surface area contributed by atoms with Gasteiger partial charge in [-0.3, -0.25) is 4.79 Å². The first-order chi connectivity index (χ1) is 6.59. The summed E-state index contributed by atoms with van der Waals surface area (Å²) in [5.74, 6) is 1.14.